The lowest BCUT2D eigenvalue weighted by Gasteiger charge is -2.16. The highest BCUT2D eigenvalue weighted by molar-refractivity contribution is 7.92. The van der Waals surface area contributed by atoms with E-state index in [1.54, 1.807) is 18.2 Å². The van der Waals surface area contributed by atoms with Gasteiger partial charge in [0.05, 0.1) is 16.3 Å². The smallest absolute Gasteiger partial charge is 0.212 e. The Hall–Kier alpha value is -2.58. The van der Waals surface area contributed by atoms with E-state index >= 15 is 0 Å². The molecule has 0 radical (unpaired) electrons. The van der Waals surface area contributed by atoms with Gasteiger partial charge in [0, 0.05) is 55.6 Å². The molecule has 6 nitrogen and oxygen atoms in total. The second-order valence-corrected chi connectivity index (χ2v) is 9.85. The first kappa shape index (κ1) is 18.4. The summed E-state index contributed by atoms with van der Waals surface area (Å²) in [6.07, 6.45) is 5.33. The van der Waals surface area contributed by atoms with E-state index in [1.807, 2.05) is 30.1 Å². The van der Waals surface area contributed by atoms with Crippen molar-refractivity contribution in [2.75, 3.05) is 13.1 Å². The van der Waals surface area contributed by atoms with E-state index in [2.05, 4.69) is 15.0 Å². The lowest BCUT2D eigenvalue weighted by atomic mass is 9.95. The van der Waals surface area contributed by atoms with Gasteiger partial charge in [0.25, 0.3) is 0 Å². The number of hydrogen-bond donors (Lipinski definition) is 0. The first-order valence-corrected chi connectivity index (χ1v) is 11.2. The number of rotatable bonds is 4. The van der Waals surface area contributed by atoms with Gasteiger partial charge >= 0.3 is 0 Å². The number of sulfone groups is 1. The summed E-state index contributed by atoms with van der Waals surface area (Å²) in [5.41, 5.74) is 3.59. The molecular formula is C21H21FN4O2S. The van der Waals surface area contributed by atoms with Crippen LogP contribution in [0.4, 0.5) is 4.39 Å². The first-order valence-electron chi connectivity index (χ1n) is 9.69. The highest BCUT2D eigenvalue weighted by atomic mass is 32.2. The molecule has 5 rings (SSSR count). The summed E-state index contributed by atoms with van der Waals surface area (Å²) in [6, 6.07) is 8.39. The van der Waals surface area contributed by atoms with Gasteiger partial charge in [-0.25, -0.2) is 13.4 Å². The van der Waals surface area contributed by atoms with Crippen LogP contribution in [-0.4, -0.2) is 46.4 Å². The second kappa shape index (κ2) is 6.74. The quantitative estimate of drug-likeness (QED) is 0.617. The van der Waals surface area contributed by atoms with E-state index in [9.17, 15) is 12.8 Å². The predicted octanol–water partition coefficient (Wildman–Crippen LogP) is 2.86. The van der Waals surface area contributed by atoms with Gasteiger partial charge in [-0.2, -0.15) is 9.49 Å². The molecule has 2 atom stereocenters. The molecule has 0 bridgehead atoms. The molecule has 4 heterocycles. The van der Waals surface area contributed by atoms with Crippen molar-refractivity contribution < 1.29 is 12.8 Å². The van der Waals surface area contributed by atoms with Crippen LogP contribution in [0.2, 0.25) is 0 Å². The summed E-state index contributed by atoms with van der Waals surface area (Å²) in [6.45, 7) is 4.76. The van der Waals surface area contributed by atoms with Crippen LogP contribution in [0, 0.1) is 5.95 Å². The third-order valence-electron chi connectivity index (χ3n) is 5.93. The minimum Gasteiger partial charge on any atom is -0.297 e. The van der Waals surface area contributed by atoms with Gasteiger partial charge in [0.2, 0.25) is 5.95 Å². The molecule has 150 valence electrons. The van der Waals surface area contributed by atoms with Gasteiger partial charge in [-0.15, -0.1) is 0 Å². The molecule has 8 heteroatoms. The average Bonchev–Trinajstić information content (AvgIpc) is 3.39. The molecule has 2 aliphatic heterocycles. The SMILES string of the molecule is CCn1cc(CN2C[C@@H]3[C@@H](C2)c2cc(-c4ccc(F)nc4)ccc2S3(=O)=O)cn1. The number of aromatic nitrogens is 3. The maximum Gasteiger partial charge on any atom is 0.212 e. The van der Waals surface area contributed by atoms with Gasteiger partial charge in [0.1, 0.15) is 0 Å². The molecule has 0 spiro atoms. The predicted molar refractivity (Wildman–Crippen MR) is 107 cm³/mol. The minimum absolute atomic E-state index is 0.0513. The number of benzene rings is 1. The zero-order valence-corrected chi connectivity index (χ0v) is 16.8. The molecule has 2 aliphatic rings. The molecule has 2 aromatic heterocycles. The van der Waals surface area contributed by atoms with E-state index < -0.39 is 21.0 Å². The van der Waals surface area contributed by atoms with Crippen molar-refractivity contribution in [2.24, 2.45) is 0 Å². The fourth-order valence-corrected chi connectivity index (χ4v) is 6.69. The van der Waals surface area contributed by atoms with Crippen molar-refractivity contribution in [3.63, 3.8) is 0 Å². The number of fused-ring (bicyclic) bond motifs is 3. The number of halogens is 1. The van der Waals surface area contributed by atoms with E-state index in [0.717, 1.165) is 28.8 Å². The van der Waals surface area contributed by atoms with Gasteiger partial charge in [-0.1, -0.05) is 6.07 Å². The standard InChI is InChI=1S/C21H21FN4O2S/c1-2-26-11-14(8-24-26)10-25-12-18-17-7-15(16-4-6-21(22)23-9-16)3-5-19(17)29(27,28)20(18)13-25/h3-9,11,18,20H,2,10,12-13H2,1H3/t18-,20+/m0/s1. The third-order valence-corrected chi connectivity index (χ3v) is 8.19. The zero-order valence-electron chi connectivity index (χ0n) is 16.0. The Balaban J connectivity index is 1.45. The monoisotopic (exact) mass is 412 g/mol. The van der Waals surface area contributed by atoms with Crippen molar-refractivity contribution in [1.82, 2.24) is 19.7 Å². The summed E-state index contributed by atoms with van der Waals surface area (Å²) < 4.78 is 41.2. The van der Waals surface area contributed by atoms with Crippen LogP contribution in [0.15, 0.2) is 53.8 Å². The Morgan fingerprint density at radius 3 is 2.69 bits per heavy atom. The van der Waals surface area contributed by atoms with Crippen LogP contribution >= 0.6 is 0 Å². The molecule has 0 amide bonds. The Labute approximate surface area is 168 Å². The van der Waals surface area contributed by atoms with Crippen molar-refractivity contribution in [1.29, 1.82) is 0 Å². The van der Waals surface area contributed by atoms with Gasteiger partial charge in [-0.3, -0.25) is 9.58 Å². The molecule has 0 aliphatic carbocycles. The highest BCUT2D eigenvalue weighted by Gasteiger charge is 2.50. The zero-order chi connectivity index (χ0) is 20.2. The molecule has 1 aromatic carbocycles. The van der Waals surface area contributed by atoms with Gasteiger partial charge < -0.3 is 0 Å². The van der Waals surface area contributed by atoms with Gasteiger partial charge in [-0.05, 0) is 42.3 Å². The Kier molecular flexibility index (Phi) is 4.29. The van der Waals surface area contributed by atoms with Crippen molar-refractivity contribution in [3.05, 3.63) is 66.0 Å². The average molecular weight is 412 g/mol. The number of aryl methyl sites for hydroxylation is 1. The lowest BCUT2D eigenvalue weighted by molar-refractivity contribution is 0.325. The summed E-state index contributed by atoms with van der Waals surface area (Å²) in [5.74, 6) is -0.583. The van der Waals surface area contributed by atoms with E-state index in [-0.39, 0.29) is 5.92 Å². The molecule has 1 fully saturated rings. The molecule has 0 saturated carbocycles. The topological polar surface area (TPSA) is 68.1 Å². The molecule has 0 N–H and O–H groups in total. The van der Waals surface area contributed by atoms with E-state index in [1.165, 1.54) is 12.3 Å². The summed E-state index contributed by atoms with van der Waals surface area (Å²) in [4.78, 5) is 6.34. The molecular weight excluding hydrogens is 391 g/mol. The third kappa shape index (κ3) is 3.07. The molecule has 1 saturated heterocycles. The fourth-order valence-electron chi connectivity index (χ4n) is 4.50. The highest BCUT2D eigenvalue weighted by Crippen LogP contribution is 2.46. The minimum atomic E-state index is -3.35. The van der Waals surface area contributed by atoms with Crippen LogP contribution in [0.25, 0.3) is 11.1 Å². The van der Waals surface area contributed by atoms with Crippen LogP contribution in [-0.2, 0) is 22.9 Å². The Morgan fingerprint density at radius 1 is 1.14 bits per heavy atom. The number of hydrogen-bond acceptors (Lipinski definition) is 5. The van der Waals surface area contributed by atoms with Gasteiger partial charge in [0.15, 0.2) is 9.84 Å². The summed E-state index contributed by atoms with van der Waals surface area (Å²) >= 11 is 0. The first-order chi connectivity index (χ1) is 14.0. The summed E-state index contributed by atoms with van der Waals surface area (Å²) in [5, 5.41) is 3.89. The van der Waals surface area contributed by atoms with Crippen LogP contribution in [0.1, 0.15) is 24.0 Å². The van der Waals surface area contributed by atoms with E-state index in [4.69, 9.17) is 0 Å². The second-order valence-electron chi connectivity index (χ2n) is 7.71. The lowest BCUT2D eigenvalue weighted by Crippen LogP contribution is -2.25. The Bertz CT molecular complexity index is 1170. The van der Waals surface area contributed by atoms with E-state index in [0.29, 0.717) is 24.5 Å². The Morgan fingerprint density at radius 2 is 1.97 bits per heavy atom. The van der Waals surface area contributed by atoms with Crippen molar-refractivity contribution >= 4 is 9.84 Å². The maximum absolute atomic E-state index is 13.1. The van der Waals surface area contributed by atoms with Crippen LogP contribution in [0.5, 0.6) is 0 Å². The molecule has 0 unspecified atom stereocenters. The van der Waals surface area contributed by atoms with Crippen molar-refractivity contribution in [2.45, 2.75) is 36.1 Å². The maximum atomic E-state index is 13.1. The molecule has 3 aromatic rings. The summed E-state index contributed by atoms with van der Waals surface area (Å²) in [7, 11) is -3.35. The number of likely N-dealkylation sites (tertiary alicyclic amines) is 1. The molecule has 29 heavy (non-hydrogen) atoms. The van der Waals surface area contributed by atoms with Crippen molar-refractivity contribution in [3.8, 4) is 11.1 Å². The number of nitrogens with zero attached hydrogens (tertiary/aromatic N) is 4. The largest absolute Gasteiger partial charge is 0.297 e. The van der Waals surface area contributed by atoms with Crippen LogP contribution < -0.4 is 0 Å². The number of pyridine rings is 1. The fraction of sp³-hybridized carbons (Fsp3) is 0.333. The normalized spacial score (nSPS) is 22.6. The van der Waals surface area contributed by atoms with Crippen LogP contribution in [0.3, 0.4) is 0 Å².